The molecule has 6 nitrogen and oxygen atoms in total. The highest BCUT2D eigenvalue weighted by Gasteiger charge is 2.03. The summed E-state index contributed by atoms with van der Waals surface area (Å²) >= 11 is 1.41. The van der Waals surface area contributed by atoms with Gasteiger partial charge in [-0.05, 0) is 6.92 Å². The fraction of sp³-hybridized carbons (Fsp3) is 0.222. The zero-order valence-electron chi connectivity index (χ0n) is 8.67. The third-order valence-electron chi connectivity index (χ3n) is 2.02. The molecule has 0 amide bonds. The summed E-state index contributed by atoms with van der Waals surface area (Å²) in [6, 6.07) is 1.50. The van der Waals surface area contributed by atoms with Crippen molar-refractivity contribution < 1.29 is 0 Å². The van der Waals surface area contributed by atoms with Crippen LogP contribution in [-0.2, 0) is 6.54 Å². The number of nitrogen functional groups attached to an aromatic ring is 1. The van der Waals surface area contributed by atoms with Crippen molar-refractivity contribution in [1.82, 2.24) is 14.5 Å². The molecule has 0 atom stereocenters. The van der Waals surface area contributed by atoms with Crippen LogP contribution in [-0.4, -0.2) is 14.5 Å². The van der Waals surface area contributed by atoms with Crippen LogP contribution in [0.5, 0.6) is 0 Å². The Morgan fingerprint density at radius 1 is 1.56 bits per heavy atom. The summed E-state index contributed by atoms with van der Waals surface area (Å²) in [4.78, 5) is 20.6. The molecule has 3 N–H and O–H groups in total. The summed E-state index contributed by atoms with van der Waals surface area (Å²) in [7, 11) is 0. The van der Waals surface area contributed by atoms with Gasteiger partial charge in [0.1, 0.15) is 0 Å². The van der Waals surface area contributed by atoms with Crippen molar-refractivity contribution >= 4 is 16.5 Å². The third kappa shape index (κ3) is 2.26. The normalized spacial score (nSPS) is 10.4. The molecular weight excluding hydrogens is 226 g/mol. The smallest absolute Gasteiger partial charge is 0.253 e. The van der Waals surface area contributed by atoms with E-state index in [4.69, 9.17) is 5.84 Å². The Morgan fingerprint density at radius 2 is 2.38 bits per heavy atom. The molecule has 0 aliphatic rings. The average Bonchev–Trinajstić information content (AvgIpc) is 2.70. The van der Waals surface area contributed by atoms with E-state index in [9.17, 15) is 4.79 Å². The van der Waals surface area contributed by atoms with Gasteiger partial charge in [-0.15, -0.1) is 0 Å². The molecule has 2 aromatic heterocycles. The summed E-state index contributed by atoms with van der Waals surface area (Å²) in [6.07, 6.45) is 3.22. The van der Waals surface area contributed by atoms with Gasteiger partial charge in [-0.25, -0.2) is 15.8 Å². The second-order valence-corrected chi connectivity index (χ2v) is 4.39. The van der Waals surface area contributed by atoms with Crippen molar-refractivity contribution in [2.75, 3.05) is 5.43 Å². The first kappa shape index (κ1) is 10.8. The number of nitrogens with two attached hydrogens (primary N) is 1. The summed E-state index contributed by atoms with van der Waals surface area (Å²) in [6.45, 7) is 2.25. The van der Waals surface area contributed by atoms with Crippen molar-refractivity contribution in [3.63, 3.8) is 0 Å². The molecule has 0 aromatic carbocycles. The van der Waals surface area contributed by atoms with Crippen LogP contribution < -0.4 is 16.8 Å². The minimum atomic E-state index is -0.0665. The van der Waals surface area contributed by atoms with E-state index in [0.29, 0.717) is 11.7 Å². The maximum absolute atomic E-state index is 11.6. The Morgan fingerprint density at radius 3 is 3.00 bits per heavy atom. The maximum atomic E-state index is 11.6. The maximum Gasteiger partial charge on any atom is 0.253 e. The number of hydrogen-bond acceptors (Lipinski definition) is 6. The van der Waals surface area contributed by atoms with Crippen LogP contribution in [0, 0.1) is 6.92 Å². The third-order valence-corrected chi connectivity index (χ3v) is 2.93. The number of hydrogen-bond donors (Lipinski definition) is 2. The number of rotatable bonds is 3. The number of thiazole rings is 1. The minimum Gasteiger partial charge on any atom is -0.300 e. The summed E-state index contributed by atoms with van der Waals surface area (Å²) in [5.41, 5.74) is 3.11. The molecule has 84 valence electrons. The molecule has 2 aromatic rings. The van der Waals surface area contributed by atoms with Gasteiger partial charge in [0, 0.05) is 22.8 Å². The lowest BCUT2D eigenvalue weighted by Gasteiger charge is -2.01. The summed E-state index contributed by atoms with van der Waals surface area (Å²) < 4.78 is 1.53. The fourth-order valence-corrected chi connectivity index (χ4v) is 1.97. The molecule has 2 rings (SSSR count). The first-order valence-electron chi connectivity index (χ1n) is 4.63. The van der Waals surface area contributed by atoms with Gasteiger partial charge in [0.2, 0.25) is 0 Å². The lowest BCUT2D eigenvalue weighted by atomic mass is 10.4. The van der Waals surface area contributed by atoms with E-state index in [1.807, 2.05) is 0 Å². The standard InChI is InChI=1S/C9H11N5OS/c1-6-2-8(15)14(5-12-6)4-7-3-11-9(13-10)16-7/h2-3,5H,4,10H2,1H3,(H,11,13). The monoisotopic (exact) mass is 237 g/mol. The number of aryl methyl sites for hydroxylation is 1. The first-order valence-corrected chi connectivity index (χ1v) is 5.45. The Hall–Kier alpha value is -1.73. The van der Waals surface area contributed by atoms with Gasteiger partial charge in [-0.1, -0.05) is 11.3 Å². The van der Waals surface area contributed by atoms with Crippen molar-refractivity contribution in [2.24, 2.45) is 5.84 Å². The van der Waals surface area contributed by atoms with Crippen LogP contribution in [0.15, 0.2) is 23.4 Å². The molecule has 0 radical (unpaired) electrons. The average molecular weight is 237 g/mol. The second kappa shape index (κ2) is 4.42. The Labute approximate surface area is 95.7 Å². The van der Waals surface area contributed by atoms with Gasteiger partial charge in [0.05, 0.1) is 12.9 Å². The number of nitrogens with one attached hydrogen (secondary N) is 1. The van der Waals surface area contributed by atoms with E-state index in [1.165, 1.54) is 28.3 Å². The molecule has 0 unspecified atom stereocenters. The van der Waals surface area contributed by atoms with Crippen molar-refractivity contribution in [3.8, 4) is 0 Å². The van der Waals surface area contributed by atoms with Gasteiger partial charge >= 0.3 is 0 Å². The minimum absolute atomic E-state index is 0.0665. The molecule has 0 saturated carbocycles. The van der Waals surface area contributed by atoms with Crippen LogP contribution in [0.3, 0.4) is 0 Å². The highest BCUT2D eigenvalue weighted by atomic mass is 32.1. The highest BCUT2D eigenvalue weighted by molar-refractivity contribution is 7.15. The Balaban J connectivity index is 2.23. The zero-order valence-corrected chi connectivity index (χ0v) is 9.49. The number of hydrazine groups is 1. The lowest BCUT2D eigenvalue weighted by molar-refractivity contribution is 0.738. The summed E-state index contributed by atoms with van der Waals surface area (Å²) in [5.74, 6) is 5.22. The molecule has 2 heterocycles. The van der Waals surface area contributed by atoms with E-state index in [2.05, 4.69) is 15.4 Å². The molecule has 16 heavy (non-hydrogen) atoms. The Bertz CT molecular complexity index is 547. The molecule has 0 aliphatic carbocycles. The predicted octanol–water partition coefficient (Wildman–Crippen LogP) is 0.342. The van der Waals surface area contributed by atoms with E-state index < -0.39 is 0 Å². The van der Waals surface area contributed by atoms with Crippen LogP contribution >= 0.6 is 11.3 Å². The van der Waals surface area contributed by atoms with Gasteiger partial charge in [0.25, 0.3) is 5.56 Å². The van der Waals surface area contributed by atoms with Crippen LogP contribution in [0.1, 0.15) is 10.6 Å². The van der Waals surface area contributed by atoms with E-state index in [0.717, 1.165) is 10.6 Å². The van der Waals surface area contributed by atoms with Gasteiger partial charge in [0.15, 0.2) is 5.13 Å². The van der Waals surface area contributed by atoms with Crippen LogP contribution in [0.4, 0.5) is 5.13 Å². The molecule has 0 aliphatic heterocycles. The van der Waals surface area contributed by atoms with Crippen molar-refractivity contribution in [1.29, 1.82) is 0 Å². The topological polar surface area (TPSA) is 85.8 Å². The molecule has 0 fully saturated rings. The molecule has 0 saturated heterocycles. The van der Waals surface area contributed by atoms with Crippen LogP contribution in [0.25, 0.3) is 0 Å². The Kier molecular flexibility index (Phi) is 2.97. The number of nitrogens with zero attached hydrogens (tertiary/aromatic N) is 3. The molecule has 0 spiro atoms. The van der Waals surface area contributed by atoms with E-state index >= 15 is 0 Å². The van der Waals surface area contributed by atoms with Gasteiger partial charge < -0.3 is 0 Å². The van der Waals surface area contributed by atoms with Crippen molar-refractivity contribution in [3.05, 3.63) is 39.5 Å². The molecule has 7 heteroatoms. The largest absolute Gasteiger partial charge is 0.300 e. The number of aromatic nitrogens is 3. The van der Waals surface area contributed by atoms with Gasteiger partial charge in [-0.2, -0.15) is 0 Å². The van der Waals surface area contributed by atoms with Crippen LogP contribution in [0.2, 0.25) is 0 Å². The molecular formula is C9H11N5OS. The van der Waals surface area contributed by atoms with Crippen molar-refractivity contribution in [2.45, 2.75) is 13.5 Å². The van der Waals surface area contributed by atoms with E-state index in [-0.39, 0.29) is 5.56 Å². The summed E-state index contributed by atoms with van der Waals surface area (Å²) in [5, 5.41) is 0.628. The quantitative estimate of drug-likeness (QED) is 0.594. The lowest BCUT2D eigenvalue weighted by Crippen LogP contribution is -2.20. The first-order chi connectivity index (χ1) is 7.69. The molecule has 0 bridgehead atoms. The second-order valence-electron chi connectivity index (χ2n) is 3.27. The number of anilines is 1. The SMILES string of the molecule is Cc1cc(=O)n(Cc2cnc(NN)s2)cn1. The fourth-order valence-electron chi connectivity index (χ4n) is 1.25. The highest BCUT2D eigenvalue weighted by Crippen LogP contribution is 2.16. The van der Waals surface area contributed by atoms with E-state index in [1.54, 1.807) is 13.1 Å². The predicted molar refractivity (Wildman–Crippen MR) is 62.3 cm³/mol. The zero-order chi connectivity index (χ0) is 11.5. The van der Waals surface area contributed by atoms with Gasteiger partial charge in [-0.3, -0.25) is 14.8 Å².